The van der Waals surface area contributed by atoms with Crippen LogP contribution in [-0.2, 0) is 9.59 Å². The lowest BCUT2D eigenvalue weighted by molar-refractivity contribution is -0.141. The molecule has 22 heavy (non-hydrogen) atoms. The van der Waals surface area contributed by atoms with Crippen LogP contribution in [0.5, 0.6) is 0 Å². The number of carboxylic acids is 1. The summed E-state index contributed by atoms with van der Waals surface area (Å²) in [5.74, 6) is -1.70. The molecule has 1 rings (SSSR count). The van der Waals surface area contributed by atoms with Crippen LogP contribution in [0.4, 0.5) is 0 Å². The van der Waals surface area contributed by atoms with Gasteiger partial charge >= 0.3 is 5.97 Å². The van der Waals surface area contributed by atoms with Crippen LogP contribution in [0.2, 0.25) is 0 Å². The number of hydrogen-bond acceptors (Lipinski definition) is 3. The Kier molecular flexibility index (Phi) is 6.55. The van der Waals surface area contributed by atoms with E-state index in [9.17, 15) is 19.5 Å². The van der Waals surface area contributed by atoms with E-state index in [0.29, 0.717) is 5.56 Å². The maximum atomic E-state index is 12.7. The second-order valence-electron chi connectivity index (χ2n) is 4.95. The Morgan fingerprint density at radius 2 is 2.00 bits per heavy atom. The van der Waals surface area contributed by atoms with Crippen LogP contribution in [0.3, 0.4) is 0 Å². The van der Waals surface area contributed by atoms with Gasteiger partial charge in [0, 0.05) is 30.0 Å². The number of hydrogen-bond donors (Lipinski definition) is 2. The van der Waals surface area contributed by atoms with Crippen LogP contribution in [0.1, 0.15) is 29.8 Å². The van der Waals surface area contributed by atoms with Crippen molar-refractivity contribution in [2.75, 3.05) is 13.1 Å². The van der Waals surface area contributed by atoms with Gasteiger partial charge in [-0.25, -0.2) is 4.79 Å². The minimum Gasteiger partial charge on any atom is -0.480 e. The normalized spacial score (nSPS) is 11.6. The zero-order valence-electron chi connectivity index (χ0n) is 12.7. The third kappa shape index (κ3) is 4.84. The zero-order chi connectivity index (χ0) is 16.9. The molecule has 0 radical (unpaired) electrons. The smallest absolute Gasteiger partial charge is 0.326 e. The maximum Gasteiger partial charge on any atom is 0.326 e. The number of halogens is 1. The summed E-state index contributed by atoms with van der Waals surface area (Å²) >= 11 is 3.31. The largest absolute Gasteiger partial charge is 0.480 e. The molecule has 1 unspecified atom stereocenters. The molecule has 0 spiro atoms. The number of amides is 2. The molecule has 0 bridgehead atoms. The highest BCUT2D eigenvalue weighted by Gasteiger charge is 2.27. The number of rotatable bonds is 6. The Morgan fingerprint density at radius 1 is 1.36 bits per heavy atom. The zero-order valence-corrected chi connectivity index (χ0v) is 14.3. The molecule has 1 aromatic carbocycles. The summed E-state index contributed by atoms with van der Waals surface area (Å²) in [6.45, 7) is 4.92. The van der Waals surface area contributed by atoms with E-state index in [0.717, 1.165) is 10.0 Å². The van der Waals surface area contributed by atoms with E-state index in [2.05, 4.69) is 21.2 Å². The molecule has 1 aromatic rings. The average Bonchev–Trinajstić information content (AvgIpc) is 2.44. The van der Waals surface area contributed by atoms with Crippen molar-refractivity contribution in [3.05, 3.63) is 33.8 Å². The van der Waals surface area contributed by atoms with Crippen LogP contribution >= 0.6 is 15.9 Å². The summed E-state index contributed by atoms with van der Waals surface area (Å²) in [6.07, 6.45) is 0. The van der Waals surface area contributed by atoms with Gasteiger partial charge in [0.25, 0.3) is 5.91 Å². The Hall–Kier alpha value is -1.89. The highest BCUT2D eigenvalue weighted by molar-refractivity contribution is 9.10. The minimum absolute atomic E-state index is 0.123. The predicted molar refractivity (Wildman–Crippen MR) is 85.7 cm³/mol. The van der Waals surface area contributed by atoms with E-state index in [4.69, 9.17) is 0 Å². The molecule has 7 heteroatoms. The Bertz CT molecular complexity index is 589. The molecule has 0 fully saturated rings. The van der Waals surface area contributed by atoms with E-state index in [1.807, 2.05) is 6.07 Å². The van der Waals surface area contributed by atoms with Gasteiger partial charge in [0.15, 0.2) is 0 Å². The molecular weight excluding hydrogens is 352 g/mol. The summed E-state index contributed by atoms with van der Waals surface area (Å²) in [4.78, 5) is 36.1. The molecule has 0 saturated heterocycles. The Labute approximate surface area is 137 Å². The van der Waals surface area contributed by atoms with Crippen LogP contribution in [0.15, 0.2) is 22.7 Å². The fourth-order valence-corrected chi connectivity index (χ4v) is 2.30. The van der Waals surface area contributed by atoms with Gasteiger partial charge in [0.05, 0.1) is 0 Å². The Morgan fingerprint density at radius 3 is 2.55 bits per heavy atom. The SMILES string of the molecule is CC(=O)NCCN(C(=O)c1cc(Br)ccc1C)C(C)C(=O)O. The summed E-state index contributed by atoms with van der Waals surface area (Å²) in [5.41, 5.74) is 1.20. The first kappa shape index (κ1) is 18.2. The first-order valence-electron chi connectivity index (χ1n) is 6.78. The van der Waals surface area contributed by atoms with E-state index in [1.54, 1.807) is 19.1 Å². The van der Waals surface area contributed by atoms with E-state index in [-0.39, 0.29) is 24.9 Å². The van der Waals surface area contributed by atoms with Crippen molar-refractivity contribution >= 4 is 33.7 Å². The Balaban J connectivity index is 3.03. The summed E-state index contributed by atoms with van der Waals surface area (Å²) in [6, 6.07) is 4.28. The van der Waals surface area contributed by atoms with Gasteiger partial charge in [-0.15, -0.1) is 0 Å². The van der Waals surface area contributed by atoms with Crippen LogP contribution in [0, 0.1) is 6.92 Å². The second kappa shape index (κ2) is 7.93. The lowest BCUT2D eigenvalue weighted by Crippen LogP contribution is -2.46. The monoisotopic (exact) mass is 370 g/mol. The van der Waals surface area contributed by atoms with Crippen LogP contribution < -0.4 is 5.32 Å². The average molecular weight is 371 g/mol. The standard InChI is InChI=1S/C15H19BrN2O4/c1-9-4-5-12(16)8-13(9)14(20)18(10(2)15(21)22)7-6-17-11(3)19/h4-5,8,10H,6-7H2,1-3H3,(H,17,19)(H,21,22). The topological polar surface area (TPSA) is 86.7 Å². The van der Waals surface area contributed by atoms with Gasteiger partial charge in [-0.3, -0.25) is 9.59 Å². The predicted octanol–water partition coefficient (Wildman–Crippen LogP) is 1.81. The number of nitrogens with zero attached hydrogens (tertiary/aromatic N) is 1. The van der Waals surface area contributed by atoms with Gasteiger partial charge in [0.2, 0.25) is 5.91 Å². The van der Waals surface area contributed by atoms with Crippen molar-refractivity contribution in [1.82, 2.24) is 10.2 Å². The number of nitrogens with one attached hydrogen (secondary N) is 1. The number of carbonyl (C=O) groups is 3. The molecule has 6 nitrogen and oxygen atoms in total. The first-order valence-corrected chi connectivity index (χ1v) is 7.57. The highest BCUT2D eigenvalue weighted by Crippen LogP contribution is 2.19. The van der Waals surface area contributed by atoms with E-state index in [1.165, 1.54) is 18.7 Å². The maximum absolute atomic E-state index is 12.7. The molecule has 2 N–H and O–H groups in total. The fraction of sp³-hybridized carbons (Fsp3) is 0.400. The quantitative estimate of drug-likeness (QED) is 0.799. The lowest BCUT2D eigenvalue weighted by atomic mass is 10.1. The molecule has 1 atom stereocenters. The fourth-order valence-electron chi connectivity index (χ4n) is 1.94. The number of carbonyl (C=O) groups excluding carboxylic acids is 2. The second-order valence-corrected chi connectivity index (χ2v) is 5.87. The molecule has 0 saturated carbocycles. The number of aliphatic carboxylic acids is 1. The molecule has 0 aliphatic heterocycles. The number of aryl methyl sites for hydroxylation is 1. The molecule has 0 aromatic heterocycles. The molecule has 0 aliphatic carbocycles. The minimum atomic E-state index is -1.09. The van der Waals surface area contributed by atoms with Crippen molar-refractivity contribution < 1.29 is 19.5 Å². The molecular formula is C15H19BrN2O4. The molecule has 0 aliphatic rings. The van der Waals surface area contributed by atoms with Crippen LogP contribution in [-0.4, -0.2) is 46.9 Å². The van der Waals surface area contributed by atoms with E-state index < -0.39 is 12.0 Å². The van der Waals surface area contributed by atoms with E-state index >= 15 is 0 Å². The van der Waals surface area contributed by atoms with Crippen molar-refractivity contribution in [2.45, 2.75) is 26.8 Å². The van der Waals surface area contributed by atoms with Gasteiger partial charge in [-0.2, -0.15) is 0 Å². The van der Waals surface area contributed by atoms with Crippen molar-refractivity contribution in [2.24, 2.45) is 0 Å². The lowest BCUT2D eigenvalue weighted by Gasteiger charge is -2.27. The molecule has 0 heterocycles. The summed E-state index contributed by atoms with van der Waals surface area (Å²) in [7, 11) is 0. The van der Waals surface area contributed by atoms with Crippen molar-refractivity contribution in [3.63, 3.8) is 0 Å². The van der Waals surface area contributed by atoms with Gasteiger partial charge in [-0.05, 0) is 31.5 Å². The third-order valence-electron chi connectivity index (χ3n) is 3.24. The number of carboxylic acid groups (broad SMARTS) is 1. The third-order valence-corrected chi connectivity index (χ3v) is 3.74. The van der Waals surface area contributed by atoms with Gasteiger partial charge in [0.1, 0.15) is 6.04 Å². The van der Waals surface area contributed by atoms with Gasteiger partial charge < -0.3 is 15.3 Å². The summed E-state index contributed by atoms with van der Waals surface area (Å²) < 4.78 is 0.742. The number of benzene rings is 1. The molecule has 120 valence electrons. The van der Waals surface area contributed by atoms with Crippen molar-refractivity contribution in [3.8, 4) is 0 Å². The van der Waals surface area contributed by atoms with Crippen molar-refractivity contribution in [1.29, 1.82) is 0 Å². The highest BCUT2D eigenvalue weighted by atomic mass is 79.9. The first-order chi connectivity index (χ1) is 10.2. The van der Waals surface area contributed by atoms with Crippen LogP contribution in [0.25, 0.3) is 0 Å². The summed E-state index contributed by atoms with van der Waals surface area (Å²) in [5, 5.41) is 11.8. The molecule has 2 amide bonds. The van der Waals surface area contributed by atoms with Gasteiger partial charge in [-0.1, -0.05) is 22.0 Å².